The SMILES string of the molecule is O=C(COc1cccc(F)c1)N/N=C\c1ccccc1[N+](=O)[O-]. The second-order valence-corrected chi connectivity index (χ2v) is 4.36. The predicted octanol–water partition coefficient (Wildman–Crippen LogP) is 2.26. The van der Waals surface area contributed by atoms with E-state index in [0.29, 0.717) is 0 Å². The number of halogens is 1. The molecule has 0 unspecified atom stereocenters. The Bertz CT molecular complexity index is 749. The summed E-state index contributed by atoms with van der Waals surface area (Å²) in [4.78, 5) is 21.8. The number of ether oxygens (including phenoxy) is 1. The van der Waals surface area contributed by atoms with Gasteiger partial charge in [0.1, 0.15) is 11.6 Å². The molecule has 0 bridgehead atoms. The zero-order valence-electron chi connectivity index (χ0n) is 11.8. The molecule has 0 spiro atoms. The number of hydrogen-bond acceptors (Lipinski definition) is 5. The van der Waals surface area contributed by atoms with Gasteiger partial charge in [-0.15, -0.1) is 0 Å². The van der Waals surface area contributed by atoms with Crippen molar-refractivity contribution in [3.63, 3.8) is 0 Å². The van der Waals surface area contributed by atoms with E-state index in [1.807, 2.05) is 0 Å². The first kappa shape index (κ1) is 16.1. The van der Waals surface area contributed by atoms with Gasteiger partial charge in [-0.2, -0.15) is 5.10 Å². The monoisotopic (exact) mass is 317 g/mol. The molecule has 1 N–H and O–H groups in total. The third kappa shape index (κ3) is 4.88. The van der Waals surface area contributed by atoms with Crippen LogP contribution < -0.4 is 10.2 Å². The molecule has 1 amide bonds. The highest BCUT2D eigenvalue weighted by Gasteiger charge is 2.10. The maximum Gasteiger partial charge on any atom is 0.278 e. The fourth-order valence-electron chi connectivity index (χ4n) is 1.67. The van der Waals surface area contributed by atoms with Crippen LogP contribution in [0.4, 0.5) is 10.1 Å². The summed E-state index contributed by atoms with van der Waals surface area (Å²) in [5.74, 6) is -0.843. The lowest BCUT2D eigenvalue weighted by molar-refractivity contribution is -0.385. The van der Waals surface area contributed by atoms with Gasteiger partial charge in [-0.3, -0.25) is 14.9 Å². The molecule has 0 aromatic heterocycles. The normalized spacial score (nSPS) is 10.5. The van der Waals surface area contributed by atoms with E-state index >= 15 is 0 Å². The summed E-state index contributed by atoms with van der Waals surface area (Å²) in [7, 11) is 0. The molecule has 0 aliphatic rings. The van der Waals surface area contributed by atoms with Crippen LogP contribution in [0.3, 0.4) is 0 Å². The number of rotatable bonds is 6. The van der Waals surface area contributed by atoms with Gasteiger partial charge in [0.05, 0.1) is 16.7 Å². The minimum Gasteiger partial charge on any atom is -0.484 e. The number of nitrogens with zero attached hydrogens (tertiary/aromatic N) is 2. The lowest BCUT2D eigenvalue weighted by Gasteiger charge is -2.04. The molecule has 0 aliphatic carbocycles. The average Bonchev–Trinajstić information content (AvgIpc) is 2.53. The first-order valence-electron chi connectivity index (χ1n) is 6.50. The molecule has 2 rings (SSSR count). The maximum absolute atomic E-state index is 12.9. The van der Waals surface area contributed by atoms with Crippen molar-refractivity contribution >= 4 is 17.8 Å². The van der Waals surface area contributed by atoms with E-state index in [0.717, 1.165) is 12.3 Å². The van der Waals surface area contributed by atoms with E-state index < -0.39 is 16.6 Å². The van der Waals surface area contributed by atoms with Crippen molar-refractivity contribution < 1.29 is 18.8 Å². The lowest BCUT2D eigenvalue weighted by Crippen LogP contribution is -2.24. The van der Waals surface area contributed by atoms with Crippen molar-refractivity contribution in [3.05, 3.63) is 70.0 Å². The Balaban J connectivity index is 1.88. The number of nitro benzene ring substituents is 1. The van der Waals surface area contributed by atoms with Crippen LogP contribution in [0.5, 0.6) is 5.75 Å². The number of carbonyl (C=O) groups excluding carboxylic acids is 1. The van der Waals surface area contributed by atoms with Crippen molar-refractivity contribution in [3.8, 4) is 5.75 Å². The number of para-hydroxylation sites is 1. The fraction of sp³-hybridized carbons (Fsp3) is 0.0667. The molecule has 0 atom stereocenters. The largest absolute Gasteiger partial charge is 0.484 e. The van der Waals surface area contributed by atoms with Crippen LogP contribution >= 0.6 is 0 Å². The summed E-state index contributed by atoms with van der Waals surface area (Å²) in [5.41, 5.74) is 2.30. The molecule has 118 valence electrons. The summed E-state index contributed by atoms with van der Waals surface area (Å²) in [6.07, 6.45) is 1.16. The first-order valence-corrected chi connectivity index (χ1v) is 6.50. The van der Waals surface area contributed by atoms with Crippen LogP contribution in [0.1, 0.15) is 5.56 Å². The van der Waals surface area contributed by atoms with Crippen LogP contribution in [0, 0.1) is 15.9 Å². The van der Waals surface area contributed by atoms with E-state index in [1.165, 1.54) is 36.4 Å². The number of nitro groups is 1. The van der Waals surface area contributed by atoms with Gasteiger partial charge in [-0.05, 0) is 18.2 Å². The van der Waals surface area contributed by atoms with E-state index in [9.17, 15) is 19.3 Å². The van der Waals surface area contributed by atoms with Crippen molar-refractivity contribution in [2.75, 3.05) is 6.61 Å². The Kier molecular flexibility index (Phi) is 5.35. The first-order chi connectivity index (χ1) is 11.1. The van der Waals surface area contributed by atoms with Gasteiger partial charge in [-0.25, -0.2) is 9.82 Å². The summed E-state index contributed by atoms with van der Waals surface area (Å²) in [6.45, 7) is -0.363. The Morgan fingerprint density at radius 2 is 2.09 bits per heavy atom. The number of nitrogens with one attached hydrogen (secondary N) is 1. The molecule has 0 heterocycles. The van der Waals surface area contributed by atoms with E-state index in [-0.39, 0.29) is 23.6 Å². The van der Waals surface area contributed by atoms with Gasteiger partial charge in [0.2, 0.25) is 0 Å². The highest BCUT2D eigenvalue weighted by Crippen LogP contribution is 2.15. The van der Waals surface area contributed by atoms with Gasteiger partial charge in [0.25, 0.3) is 11.6 Å². The smallest absolute Gasteiger partial charge is 0.278 e. The topological polar surface area (TPSA) is 93.8 Å². The highest BCUT2D eigenvalue weighted by atomic mass is 19.1. The lowest BCUT2D eigenvalue weighted by atomic mass is 10.2. The maximum atomic E-state index is 12.9. The minimum absolute atomic E-state index is 0.124. The zero-order chi connectivity index (χ0) is 16.7. The summed E-state index contributed by atoms with van der Waals surface area (Å²) in [5, 5.41) is 14.4. The van der Waals surface area contributed by atoms with Crippen molar-refractivity contribution in [1.29, 1.82) is 0 Å². The fourth-order valence-corrected chi connectivity index (χ4v) is 1.67. The van der Waals surface area contributed by atoms with E-state index in [1.54, 1.807) is 6.07 Å². The van der Waals surface area contributed by atoms with Crippen molar-refractivity contribution in [2.24, 2.45) is 5.10 Å². The van der Waals surface area contributed by atoms with Gasteiger partial charge < -0.3 is 4.74 Å². The van der Waals surface area contributed by atoms with Crippen LogP contribution in [-0.2, 0) is 4.79 Å². The molecule has 8 heteroatoms. The van der Waals surface area contributed by atoms with Gasteiger partial charge in [0, 0.05) is 12.1 Å². The number of amides is 1. The average molecular weight is 317 g/mol. The standard InChI is InChI=1S/C15H12FN3O4/c16-12-5-3-6-13(8-12)23-10-15(20)18-17-9-11-4-1-2-7-14(11)19(21)22/h1-9H,10H2,(H,18,20)/b17-9-. The number of hydrogen-bond donors (Lipinski definition) is 1. The summed E-state index contributed by atoms with van der Waals surface area (Å²) >= 11 is 0. The van der Waals surface area contributed by atoms with Gasteiger partial charge in [-0.1, -0.05) is 18.2 Å². The number of benzene rings is 2. The minimum atomic E-state index is -0.580. The Labute approximate surface area is 130 Å². The molecule has 2 aromatic carbocycles. The van der Waals surface area contributed by atoms with Crippen LogP contribution in [0.25, 0.3) is 0 Å². The molecule has 0 fully saturated rings. The van der Waals surface area contributed by atoms with Gasteiger partial charge >= 0.3 is 0 Å². The highest BCUT2D eigenvalue weighted by molar-refractivity contribution is 5.86. The second-order valence-electron chi connectivity index (χ2n) is 4.36. The predicted molar refractivity (Wildman–Crippen MR) is 80.7 cm³/mol. The zero-order valence-corrected chi connectivity index (χ0v) is 11.8. The van der Waals surface area contributed by atoms with E-state index in [2.05, 4.69) is 10.5 Å². The molecule has 0 radical (unpaired) electrons. The Morgan fingerprint density at radius 3 is 2.83 bits per heavy atom. The van der Waals surface area contributed by atoms with E-state index in [4.69, 9.17) is 4.74 Å². The second kappa shape index (κ2) is 7.64. The quantitative estimate of drug-likeness (QED) is 0.502. The Morgan fingerprint density at radius 1 is 1.30 bits per heavy atom. The summed E-state index contributed by atoms with van der Waals surface area (Å²) in [6, 6.07) is 11.3. The van der Waals surface area contributed by atoms with Crippen LogP contribution in [0.2, 0.25) is 0 Å². The number of carbonyl (C=O) groups is 1. The molecule has 7 nitrogen and oxygen atoms in total. The molecule has 2 aromatic rings. The third-order valence-electron chi connectivity index (χ3n) is 2.69. The van der Waals surface area contributed by atoms with Crippen LogP contribution in [0.15, 0.2) is 53.6 Å². The number of hydrazone groups is 1. The van der Waals surface area contributed by atoms with Gasteiger partial charge in [0.15, 0.2) is 6.61 Å². The van der Waals surface area contributed by atoms with Crippen LogP contribution in [-0.4, -0.2) is 23.7 Å². The molecule has 23 heavy (non-hydrogen) atoms. The molecular formula is C15H12FN3O4. The molecular weight excluding hydrogens is 305 g/mol. The molecule has 0 aliphatic heterocycles. The molecule has 0 saturated carbocycles. The third-order valence-corrected chi connectivity index (χ3v) is 2.69. The summed E-state index contributed by atoms with van der Waals surface area (Å²) < 4.78 is 18.0. The van der Waals surface area contributed by atoms with Crippen molar-refractivity contribution in [1.82, 2.24) is 5.43 Å². The molecule has 0 saturated heterocycles. The van der Waals surface area contributed by atoms with Crippen molar-refractivity contribution in [2.45, 2.75) is 0 Å². The Hall–Kier alpha value is -3.29.